The Hall–Kier alpha value is -3.39. The van der Waals surface area contributed by atoms with Crippen LogP contribution in [-0.4, -0.2) is 55.0 Å². The first-order chi connectivity index (χ1) is 16.1. The first-order valence-electron chi connectivity index (χ1n) is 11.3. The molecule has 33 heavy (non-hydrogen) atoms. The summed E-state index contributed by atoms with van der Waals surface area (Å²) in [6.45, 7) is 3.59. The molecule has 1 saturated heterocycles. The molecular formula is C25H31N3O5. The fourth-order valence-electron chi connectivity index (χ4n) is 3.53. The summed E-state index contributed by atoms with van der Waals surface area (Å²) in [6.07, 6.45) is 1.61. The molecule has 0 aliphatic carbocycles. The third-order valence-corrected chi connectivity index (χ3v) is 5.31. The van der Waals surface area contributed by atoms with E-state index in [1.165, 1.54) is 0 Å². The van der Waals surface area contributed by atoms with Crippen LogP contribution in [0.15, 0.2) is 54.6 Å². The molecule has 2 aromatic carbocycles. The van der Waals surface area contributed by atoms with Gasteiger partial charge in [0.25, 0.3) is 0 Å². The smallest absolute Gasteiger partial charge is 0.307 e. The highest BCUT2D eigenvalue weighted by Crippen LogP contribution is 2.25. The van der Waals surface area contributed by atoms with Gasteiger partial charge in [-0.1, -0.05) is 55.8 Å². The zero-order valence-electron chi connectivity index (χ0n) is 18.9. The van der Waals surface area contributed by atoms with Gasteiger partial charge >= 0.3 is 5.97 Å². The number of nitrogens with zero attached hydrogens (tertiary/aromatic N) is 1. The van der Waals surface area contributed by atoms with E-state index in [0.717, 1.165) is 18.4 Å². The number of rotatable bonds is 11. The van der Waals surface area contributed by atoms with Gasteiger partial charge in [-0.25, -0.2) is 0 Å². The third kappa shape index (κ3) is 7.61. The van der Waals surface area contributed by atoms with E-state index in [1.54, 1.807) is 17.0 Å². The Morgan fingerprint density at radius 3 is 2.67 bits per heavy atom. The molecule has 8 nitrogen and oxygen atoms in total. The van der Waals surface area contributed by atoms with Gasteiger partial charge in [0.1, 0.15) is 18.4 Å². The van der Waals surface area contributed by atoms with Gasteiger partial charge < -0.3 is 20.1 Å². The van der Waals surface area contributed by atoms with E-state index in [1.807, 2.05) is 49.4 Å². The summed E-state index contributed by atoms with van der Waals surface area (Å²) in [6, 6.07) is 16.2. The lowest BCUT2D eigenvalue weighted by Crippen LogP contribution is -2.57. The maximum atomic E-state index is 12.8. The van der Waals surface area contributed by atoms with Crippen LogP contribution < -0.4 is 15.4 Å². The van der Waals surface area contributed by atoms with E-state index >= 15 is 0 Å². The second-order valence-electron chi connectivity index (χ2n) is 7.87. The van der Waals surface area contributed by atoms with Gasteiger partial charge in [-0.05, 0) is 24.1 Å². The number of para-hydroxylation sites is 2. The van der Waals surface area contributed by atoms with Crippen molar-refractivity contribution in [3.05, 3.63) is 60.2 Å². The summed E-state index contributed by atoms with van der Waals surface area (Å²) in [5.41, 5.74) is 1.57. The van der Waals surface area contributed by atoms with Crippen molar-refractivity contribution in [2.24, 2.45) is 0 Å². The Balaban J connectivity index is 1.58. The first-order valence-corrected chi connectivity index (χ1v) is 11.3. The number of amides is 2. The monoisotopic (exact) mass is 453 g/mol. The lowest BCUT2D eigenvalue weighted by Gasteiger charge is -2.33. The number of carbonyl (C=O) groups excluding carboxylic acids is 3. The predicted molar refractivity (Wildman–Crippen MR) is 125 cm³/mol. The van der Waals surface area contributed by atoms with Crippen molar-refractivity contribution in [1.82, 2.24) is 10.2 Å². The van der Waals surface area contributed by atoms with E-state index < -0.39 is 12.0 Å². The van der Waals surface area contributed by atoms with Gasteiger partial charge in [0, 0.05) is 13.1 Å². The Labute approximate surface area is 194 Å². The zero-order valence-corrected chi connectivity index (χ0v) is 18.9. The topological polar surface area (TPSA) is 97.0 Å². The predicted octanol–water partition coefficient (Wildman–Crippen LogP) is 2.74. The number of ether oxygens (including phenoxy) is 2. The summed E-state index contributed by atoms with van der Waals surface area (Å²) in [5.74, 6) is -0.435. The van der Waals surface area contributed by atoms with Crippen molar-refractivity contribution in [1.29, 1.82) is 0 Å². The Morgan fingerprint density at radius 2 is 1.88 bits per heavy atom. The number of hydrogen-bond donors (Lipinski definition) is 2. The lowest BCUT2D eigenvalue weighted by molar-refractivity contribution is -0.149. The van der Waals surface area contributed by atoms with E-state index in [-0.39, 0.29) is 24.8 Å². The van der Waals surface area contributed by atoms with Crippen LogP contribution in [-0.2, 0) is 25.7 Å². The van der Waals surface area contributed by atoms with E-state index in [9.17, 15) is 14.4 Å². The third-order valence-electron chi connectivity index (χ3n) is 5.31. The molecule has 1 aliphatic rings. The van der Waals surface area contributed by atoms with Crippen LogP contribution in [0.2, 0.25) is 0 Å². The Kier molecular flexibility index (Phi) is 9.26. The SMILES string of the molecule is CCCCOC(=O)CC1C(=O)NCCN1CC(=O)Nc1ccccc1OCc1ccccc1. The molecule has 2 N–H and O–H groups in total. The minimum Gasteiger partial charge on any atom is -0.487 e. The van der Waals surface area contributed by atoms with Gasteiger partial charge in [0.05, 0.1) is 25.3 Å². The molecule has 0 bridgehead atoms. The number of piperazine rings is 1. The molecule has 0 spiro atoms. The minimum absolute atomic E-state index is 0.0205. The average molecular weight is 454 g/mol. The second-order valence-corrected chi connectivity index (χ2v) is 7.87. The molecule has 1 atom stereocenters. The summed E-state index contributed by atoms with van der Waals surface area (Å²) in [5, 5.41) is 5.63. The van der Waals surface area contributed by atoms with Gasteiger partial charge in [-0.2, -0.15) is 0 Å². The van der Waals surface area contributed by atoms with Crippen LogP contribution in [0, 0.1) is 0 Å². The molecule has 1 aliphatic heterocycles. The van der Waals surface area contributed by atoms with Crippen molar-refractivity contribution in [2.75, 3.05) is 31.6 Å². The standard InChI is InChI=1S/C25H31N3O5/c1-2-3-15-32-24(30)16-21-25(31)26-13-14-28(21)17-23(29)27-20-11-7-8-12-22(20)33-18-19-9-5-4-6-10-19/h4-12,21H,2-3,13-18H2,1H3,(H,26,31)(H,27,29). The van der Waals surface area contributed by atoms with Gasteiger partial charge in [-0.15, -0.1) is 0 Å². The molecule has 0 saturated carbocycles. The number of esters is 1. The molecule has 1 unspecified atom stereocenters. The van der Waals surface area contributed by atoms with Crippen LogP contribution in [0.4, 0.5) is 5.69 Å². The Morgan fingerprint density at radius 1 is 1.12 bits per heavy atom. The van der Waals surface area contributed by atoms with E-state index in [0.29, 0.717) is 37.7 Å². The van der Waals surface area contributed by atoms with Gasteiger partial charge in [-0.3, -0.25) is 19.3 Å². The number of unbranched alkanes of at least 4 members (excludes halogenated alkanes) is 1. The highest BCUT2D eigenvalue weighted by atomic mass is 16.5. The molecule has 0 radical (unpaired) electrons. The summed E-state index contributed by atoms with van der Waals surface area (Å²) < 4.78 is 11.1. The zero-order chi connectivity index (χ0) is 23.5. The number of carbonyl (C=O) groups is 3. The van der Waals surface area contributed by atoms with Crippen LogP contribution in [0.1, 0.15) is 31.7 Å². The summed E-state index contributed by atoms with van der Waals surface area (Å²) >= 11 is 0. The number of anilines is 1. The normalized spacial score (nSPS) is 16.0. The van der Waals surface area contributed by atoms with Gasteiger partial charge in [0.15, 0.2) is 0 Å². The average Bonchev–Trinajstić information content (AvgIpc) is 2.81. The lowest BCUT2D eigenvalue weighted by atomic mass is 10.1. The van der Waals surface area contributed by atoms with Crippen molar-refractivity contribution >= 4 is 23.5 Å². The first kappa shape index (κ1) is 24.3. The van der Waals surface area contributed by atoms with Crippen LogP contribution in [0.5, 0.6) is 5.75 Å². The van der Waals surface area contributed by atoms with Crippen molar-refractivity contribution in [3.63, 3.8) is 0 Å². The van der Waals surface area contributed by atoms with E-state index in [4.69, 9.17) is 9.47 Å². The van der Waals surface area contributed by atoms with Gasteiger partial charge in [0.2, 0.25) is 11.8 Å². The number of nitrogens with one attached hydrogen (secondary N) is 2. The molecule has 3 rings (SSSR count). The molecule has 8 heteroatoms. The molecule has 2 amide bonds. The molecule has 1 heterocycles. The Bertz CT molecular complexity index is 935. The fraction of sp³-hybridized carbons (Fsp3) is 0.400. The van der Waals surface area contributed by atoms with Crippen molar-refractivity contribution < 1.29 is 23.9 Å². The molecule has 176 valence electrons. The highest BCUT2D eigenvalue weighted by Gasteiger charge is 2.33. The van der Waals surface area contributed by atoms with Crippen LogP contribution in [0.25, 0.3) is 0 Å². The molecule has 2 aromatic rings. The summed E-state index contributed by atoms with van der Waals surface area (Å²) in [7, 11) is 0. The fourth-order valence-corrected chi connectivity index (χ4v) is 3.53. The quantitative estimate of drug-likeness (QED) is 0.401. The maximum Gasteiger partial charge on any atom is 0.307 e. The maximum absolute atomic E-state index is 12.8. The van der Waals surface area contributed by atoms with Crippen LogP contribution >= 0.6 is 0 Å². The summed E-state index contributed by atoms with van der Waals surface area (Å²) in [4.78, 5) is 39.0. The largest absolute Gasteiger partial charge is 0.487 e. The van der Waals surface area contributed by atoms with E-state index in [2.05, 4.69) is 10.6 Å². The molecule has 1 fully saturated rings. The molecular weight excluding hydrogens is 422 g/mol. The second kappa shape index (κ2) is 12.6. The number of hydrogen-bond acceptors (Lipinski definition) is 6. The van der Waals surface area contributed by atoms with Crippen LogP contribution in [0.3, 0.4) is 0 Å². The number of benzene rings is 2. The molecule has 0 aromatic heterocycles. The minimum atomic E-state index is -0.733. The highest BCUT2D eigenvalue weighted by molar-refractivity contribution is 5.94. The van der Waals surface area contributed by atoms with Crippen molar-refractivity contribution in [3.8, 4) is 5.75 Å². The van der Waals surface area contributed by atoms with Crippen molar-refractivity contribution in [2.45, 2.75) is 38.8 Å².